The molecule has 0 unspecified atom stereocenters. The van der Waals surface area contributed by atoms with Crippen molar-refractivity contribution in [1.82, 2.24) is 24.5 Å². The zero-order valence-electron chi connectivity index (χ0n) is 14.5. The van der Waals surface area contributed by atoms with Gasteiger partial charge in [-0.05, 0) is 24.6 Å². The number of piperazine rings is 1. The Morgan fingerprint density at radius 1 is 1.29 bits per heavy atom. The topological polar surface area (TPSA) is 65.2 Å². The Labute approximate surface area is 142 Å². The molecular formula is C17H24N6O. The van der Waals surface area contributed by atoms with E-state index in [4.69, 9.17) is 0 Å². The van der Waals surface area contributed by atoms with Gasteiger partial charge in [-0.2, -0.15) is 0 Å². The minimum atomic E-state index is 0.137. The molecule has 7 nitrogen and oxygen atoms in total. The van der Waals surface area contributed by atoms with Crippen LogP contribution in [-0.4, -0.2) is 64.3 Å². The Morgan fingerprint density at radius 2 is 2.00 bits per heavy atom. The second kappa shape index (κ2) is 6.90. The average Bonchev–Trinajstić information content (AvgIpc) is 2.97. The van der Waals surface area contributed by atoms with Crippen LogP contribution in [0.1, 0.15) is 18.2 Å². The summed E-state index contributed by atoms with van der Waals surface area (Å²) >= 11 is 0. The molecule has 0 atom stereocenters. The SMILES string of the molecule is CN=C(NCc1cn2ccc(C)cc2n1)N1CCN(C(C)=O)CC1. The second-order valence-electron chi connectivity index (χ2n) is 6.10. The number of amides is 1. The fourth-order valence-corrected chi connectivity index (χ4v) is 2.96. The van der Waals surface area contributed by atoms with Gasteiger partial charge in [0, 0.05) is 52.5 Å². The van der Waals surface area contributed by atoms with Crippen LogP contribution in [0.25, 0.3) is 5.65 Å². The van der Waals surface area contributed by atoms with E-state index in [1.54, 1.807) is 14.0 Å². The third-order valence-corrected chi connectivity index (χ3v) is 4.33. The minimum absolute atomic E-state index is 0.137. The monoisotopic (exact) mass is 328 g/mol. The van der Waals surface area contributed by atoms with E-state index in [0.29, 0.717) is 6.54 Å². The first-order chi connectivity index (χ1) is 11.6. The van der Waals surface area contributed by atoms with Gasteiger partial charge in [0.15, 0.2) is 5.96 Å². The van der Waals surface area contributed by atoms with Crippen LogP contribution in [0.15, 0.2) is 29.5 Å². The molecular weight excluding hydrogens is 304 g/mol. The van der Waals surface area contributed by atoms with Gasteiger partial charge in [-0.25, -0.2) is 4.98 Å². The fourth-order valence-electron chi connectivity index (χ4n) is 2.96. The maximum Gasteiger partial charge on any atom is 0.219 e. The first-order valence-electron chi connectivity index (χ1n) is 8.22. The zero-order valence-corrected chi connectivity index (χ0v) is 14.5. The Hall–Kier alpha value is -2.57. The molecule has 24 heavy (non-hydrogen) atoms. The third-order valence-electron chi connectivity index (χ3n) is 4.33. The van der Waals surface area contributed by atoms with E-state index in [1.807, 2.05) is 21.7 Å². The third kappa shape index (κ3) is 3.50. The van der Waals surface area contributed by atoms with E-state index in [2.05, 4.69) is 39.2 Å². The molecule has 3 rings (SSSR count). The van der Waals surface area contributed by atoms with Crippen molar-refractivity contribution in [3.63, 3.8) is 0 Å². The number of guanidine groups is 1. The van der Waals surface area contributed by atoms with Crippen LogP contribution >= 0.6 is 0 Å². The number of carbonyl (C=O) groups is 1. The molecule has 3 heterocycles. The molecule has 0 spiro atoms. The number of nitrogens with zero attached hydrogens (tertiary/aromatic N) is 5. The first kappa shape index (κ1) is 16.3. The van der Waals surface area contributed by atoms with Crippen LogP contribution in [0.5, 0.6) is 0 Å². The van der Waals surface area contributed by atoms with Crippen molar-refractivity contribution >= 4 is 17.5 Å². The lowest BCUT2D eigenvalue weighted by Gasteiger charge is -2.36. The molecule has 1 aliphatic heterocycles. The van der Waals surface area contributed by atoms with Crippen molar-refractivity contribution in [2.24, 2.45) is 4.99 Å². The van der Waals surface area contributed by atoms with Crippen molar-refractivity contribution < 1.29 is 4.79 Å². The van der Waals surface area contributed by atoms with E-state index in [1.165, 1.54) is 5.56 Å². The predicted octanol–water partition coefficient (Wildman–Crippen LogP) is 0.882. The summed E-state index contributed by atoms with van der Waals surface area (Å²) in [6.45, 7) is 7.38. The van der Waals surface area contributed by atoms with E-state index in [0.717, 1.165) is 43.5 Å². The lowest BCUT2D eigenvalue weighted by Crippen LogP contribution is -2.53. The lowest BCUT2D eigenvalue weighted by molar-refractivity contribution is -0.130. The van der Waals surface area contributed by atoms with E-state index >= 15 is 0 Å². The number of fused-ring (bicyclic) bond motifs is 1. The van der Waals surface area contributed by atoms with Gasteiger partial charge < -0.3 is 19.5 Å². The number of hydrogen-bond donors (Lipinski definition) is 1. The highest BCUT2D eigenvalue weighted by Crippen LogP contribution is 2.08. The summed E-state index contributed by atoms with van der Waals surface area (Å²) in [5, 5.41) is 3.37. The summed E-state index contributed by atoms with van der Waals surface area (Å²) in [6.07, 6.45) is 4.06. The summed E-state index contributed by atoms with van der Waals surface area (Å²) < 4.78 is 2.03. The molecule has 1 saturated heterocycles. The number of hydrogen-bond acceptors (Lipinski definition) is 3. The summed E-state index contributed by atoms with van der Waals surface area (Å²) in [5.41, 5.74) is 3.13. The summed E-state index contributed by atoms with van der Waals surface area (Å²) in [6, 6.07) is 4.14. The Bertz CT molecular complexity index is 758. The lowest BCUT2D eigenvalue weighted by atomic mass is 10.3. The van der Waals surface area contributed by atoms with E-state index in [9.17, 15) is 4.79 Å². The van der Waals surface area contributed by atoms with Crippen molar-refractivity contribution in [3.8, 4) is 0 Å². The number of imidazole rings is 1. The first-order valence-corrected chi connectivity index (χ1v) is 8.22. The van der Waals surface area contributed by atoms with Gasteiger partial charge in [-0.15, -0.1) is 0 Å². The molecule has 0 radical (unpaired) electrons. The fraction of sp³-hybridized carbons (Fsp3) is 0.471. The average molecular weight is 328 g/mol. The quantitative estimate of drug-likeness (QED) is 0.657. The van der Waals surface area contributed by atoms with Crippen molar-refractivity contribution in [2.45, 2.75) is 20.4 Å². The maximum atomic E-state index is 11.4. The molecule has 0 aliphatic carbocycles. The summed E-state index contributed by atoms with van der Waals surface area (Å²) in [7, 11) is 1.78. The van der Waals surface area contributed by atoms with Gasteiger partial charge in [0.25, 0.3) is 0 Å². The van der Waals surface area contributed by atoms with Gasteiger partial charge in [0.2, 0.25) is 5.91 Å². The van der Waals surface area contributed by atoms with Crippen LogP contribution in [0.3, 0.4) is 0 Å². The molecule has 1 amide bonds. The second-order valence-corrected chi connectivity index (χ2v) is 6.10. The van der Waals surface area contributed by atoms with E-state index in [-0.39, 0.29) is 5.91 Å². The van der Waals surface area contributed by atoms with Gasteiger partial charge in [-0.3, -0.25) is 9.79 Å². The predicted molar refractivity (Wildman–Crippen MR) is 94.0 cm³/mol. The Kier molecular flexibility index (Phi) is 4.69. The zero-order chi connectivity index (χ0) is 17.1. The number of pyridine rings is 1. The highest BCUT2D eigenvalue weighted by Gasteiger charge is 2.20. The van der Waals surface area contributed by atoms with E-state index < -0.39 is 0 Å². The molecule has 1 fully saturated rings. The van der Waals surface area contributed by atoms with Crippen LogP contribution in [-0.2, 0) is 11.3 Å². The van der Waals surface area contributed by atoms with Gasteiger partial charge in [0.05, 0.1) is 12.2 Å². The van der Waals surface area contributed by atoms with Crippen LogP contribution in [0.4, 0.5) is 0 Å². The Balaban J connectivity index is 1.60. The molecule has 2 aromatic rings. The molecule has 0 aromatic carbocycles. The van der Waals surface area contributed by atoms with Crippen LogP contribution in [0, 0.1) is 6.92 Å². The highest BCUT2D eigenvalue weighted by atomic mass is 16.2. The molecule has 0 saturated carbocycles. The van der Waals surface area contributed by atoms with Crippen LogP contribution in [0.2, 0.25) is 0 Å². The number of nitrogens with one attached hydrogen (secondary N) is 1. The molecule has 7 heteroatoms. The number of rotatable bonds is 2. The molecule has 1 aliphatic rings. The Morgan fingerprint density at radius 3 is 2.67 bits per heavy atom. The number of carbonyl (C=O) groups excluding carboxylic acids is 1. The van der Waals surface area contributed by atoms with Gasteiger partial charge >= 0.3 is 0 Å². The maximum absolute atomic E-state index is 11.4. The largest absolute Gasteiger partial charge is 0.351 e. The summed E-state index contributed by atoms with van der Waals surface area (Å²) in [4.78, 5) is 24.5. The molecule has 128 valence electrons. The minimum Gasteiger partial charge on any atom is -0.351 e. The molecule has 2 aromatic heterocycles. The highest BCUT2D eigenvalue weighted by molar-refractivity contribution is 5.80. The number of aryl methyl sites for hydroxylation is 1. The normalized spacial score (nSPS) is 15.9. The van der Waals surface area contributed by atoms with Crippen molar-refractivity contribution in [2.75, 3.05) is 33.2 Å². The summed E-state index contributed by atoms with van der Waals surface area (Å²) in [5.74, 6) is 0.990. The van der Waals surface area contributed by atoms with Crippen molar-refractivity contribution in [1.29, 1.82) is 0 Å². The molecule has 1 N–H and O–H groups in total. The smallest absolute Gasteiger partial charge is 0.219 e. The van der Waals surface area contributed by atoms with Gasteiger partial charge in [0.1, 0.15) is 5.65 Å². The van der Waals surface area contributed by atoms with Gasteiger partial charge in [-0.1, -0.05) is 0 Å². The number of aliphatic imine (C=N–C) groups is 1. The number of aromatic nitrogens is 2. The molecule has 0 bridgehead atoms. The van der Waals surface area contributed by atoms with Crippen molar-refractivity contribution in [3.05, 3.63) is 35.8 Å². The van der Waals surface area contributed by atoms with Crippen LogP contribution < -0.4 is 5.32 Å². The standard InChI is InChI=1S/C17H24N6O/c1-13-4-5-23-12-15(20-16(23)10-13)11-19-17(18-3)22-8-6-21(7-9-22)14(2)24/h4-5,10,12H,6-9,11H2,1-3H3,(H,18,19).